The van der Waals surface area contributed by atoms with Crippen LogP contribution in [0.3, 0.4) is 0 Å². The van der Waals surface area contributed by atoms with E-state index in [0.29, 0.717) is 5.92 Å². The van der Waals surface area contributed by atoms with E-state index >= 15 is 0 Å². The molecule has 0 aliphatic heterocycles. The predicted octanol–water partition coefficient (Wildman–Crippen LogP) is 2.79. The van der Waals surface area contributed by atoms with E-state index in [1.54, 1.807) is 7.11 Å². The van der Waals surface area contributed by atoms with Crippen LogP contribution in [0, 0.1) is 5.92 Å². The number of hydrazone groups is 1. The van der Waals surface area contributed by atoms with E-state index in [2.05, 4.69) is 22.8 Å². The fourth-order valence-corrected chi connectivity index (χ4v) is 2.42. The molecule has 1 atom stereocenters. The minimum atomic E-state index is -0.136. The summed E-state index contributed by atoms with van der Waals surface area (Å²) in [7, 11) is 1.62. The lowest BCUT2D eigenvalue weighted by Crippen LogP contribution is -2.28. The molecule has 0 heterocycles. The Morgan fingerprint density at radius 2 is 2.29 bits per heavy atom. The molecule has 5 nitrogen and oxygen atoms in total. The first-order chi connectivity index (χ1) is 10.2. The lowest BCUT2D eigenvalue weighted by atomic mass is 9.89. The van der Waals surface area contributed by atoms with Crippen molar-refractivity contribution in [3.8, 4) is 5.75 Å². The molecule has 1 aromatic carbocycles. The molecule has 1 saturated carbocycles. The monoisotopic (exact) mass is 289 g/mol. The lowest BCUT2D eigenvalue weighted by molar-refractivity contribution is -0.119. The summed E-state index contributed by atoms with van der Waals surface area (Å²) in [6.45, 7) is 2.36. The zero-order valence-electron chi connectivity index (χ0n) is 12.7. The second-order valence-corrected chi connectivity index (χ2v) is 5.37. The number of benzene rings is 1. The van der Waals surface area contributed by atoms with Gasteiger partial charge in [0.2, 0.25) is 0 Å². The molecule has 1 amide bonds. The van der Waals surface area contributed by atoms with Gasteiger partial charge in [0.05, 0.1) is 13.7 Å². The number of amides is 1. The van der Waals surface area contributed by atoms with Crippen LogP contribution in [-0.4, -0.2) is 25.3 Å². The van der Waals surface area contributed by atoms with Gasteiger partial charge in [0.15, 0.2) is 0 Å². The van der Waals surface area contributed by atoms with Crippen LogP contribution in [-0.2, 0) is 4.79 Å². The van der Waals surface area contributed by atoms with Crippen LogP contribution in [0.5, 0.6) is 5.75 Å². The van der Waals surface area contributed by atoms with Crippen LogP contribution in [0.15, 0.2) is 29.4 Å². The number of rotatable bonds is 5. The van der Waals surface area contributed by atoms with Gasteiger partial charge >= 0.3 is 0 Å². The first-order valence-electron chi connectivity index (χ1n) is 7.42. The van der Waals surface area contributed by atoms with Crippen molar-refractivity contribution in [2.45, 2.75) is 32.6 Å². The molecule has 0 radical (unpaired) electrons. The molecule has 1 aliphatic carbocycles. The minimum absolute atomic E-state index is 0.136. The summed E-state index contributed by atoms with van der Waals surface area (Å²) in [5.74, 6) is 1.10. The Labute approximate surface area is 125 Å². The molecule has 2 N–H and O–H groups in total. The molecule has 21 heavy (non-hydrogen) atoms. The maximum absolute atomic E-state index is 11.8. The molecule has 5 heteroatoms. The Morgan fingerprint density at radius 3 is 3.05 bits per heavy atom. The van der Waals surface area contributed by atoms with Gasteiger partial charge in [0.25, 0.3) is 5.91 Å². The van der Waals surface area contributed by atoms with Crippen molar-refractivity contribution in [3.63, 3.8) is 0 Å². The third kappa shape index (κ3) is 4.77. The van der Waals surface area contributed by atoms with Crippen molar-refractivity contribution in [1.29, 1.82) is 0 Å². The Hall–Kier alpha value is -2.04. The van der Waals surface area contributed by atoms with E-state index in [9.17, 15) is 4.79 Å². The predicted molar refractivity (Wildman–Crippen MR) is 84.7 cm³/mol. The molecule has 1 fully saturated rings. The summed E-state index contributed by atoms with van der Waals surface area (Å²) in [6, 6.07) is 7.48. The van der Waals surface area contributed by atoms with Crippen LogP contribution in [0.2, 0.25) is 0 Å². The molecule has 0 bridgehead atoms. The van der Waals surface area contributed by atoms with Gasteiger partial charge in [-0.25, -0.2) is 5.43 Å². The summed E-state index contributed by atoms with van der Waals surface area (Å²) < 4.78 is 5.14. The number of nitrogens with one attached hydrogen (secondary N) is 2. The number of carbonyl (C=O) groups is 1. The third-order valence-corrected chi connectivity index (χ3v) is 3.74. The smallest absolute Gasteiger partial charge is 0.259 e. The topological polar surface area (TPSA) is 62.7 Å². The van der Waals surface area contributed by atoms with Crippen LogP contribution < -0.4 is 15.5 Å². The SMILES string of the molecule is COc1cccc(NCC(=O)N/N=C2/CCCC[C@H]2C)c1. The molecule has 0 saturated heterocycles. The fraction of sp³-hybridized carbons (Fsp3) is 0.500. The number of anilines is 1. The molecule has 0 aromatic heterocycles. The number of hydrogen-bond acceptors (Lipinski definition) is 4. The molecule has 0 spiro atoms. The maximum Gasteiger partial charge on any atom is 0.259 e. The fourth-order valence-electron chi connectivity index (χ4n) is 2.42. The first kappa shape index (κ1) is 15.4. The molecule has 0 unspecified atom stereocenters. The Kier molecular flexibility index (Phi) is 5.60. The highest BCUT2D eigenvalue weighted by Crippen LogP contribution is 2.20. The largest absolute Gasteiger partial charge is 0.497 e. The van der Waals surface area contributed by atoms with E-state index < -0.39 is 0 Å². The summed E-state index contributed by atoms with van der Waals surface area (Å²) in [4.78, 5) is 11.8. The van der Waals surface area contributed by atoms with Crippen LogP contribution >= 0.6 is 0 Å². The van der Waals surface area contributed by atoms with Gasteiger partial charge in [-0.3, -0.25) is 4.79 Å². The second-order valence-electron chi connectivity index (χ2n) is 5.37. The molecule has 1 aromatic rings. The minimum Gasteiger partial charge on any atom is -0.497 e. The van der Waals surface area contributed by atoms with Gasteiger partial charge in [-0.15, -0.1) is 0 Å². The van der Waals surface area contributed by atoms with Gasteiger partial charge in [0, 0.05) is 17.5 Å². The van der Waals surface area contributed by atoms with Gasteiger partial charge in [-0.1, -0.05) is 19.4 Å². The van der Waals surface area contributed by atoms with E-state index in [-0.39, 0.29) is 12.5 Å². The Bertz CT molecular complexity index is 514. The van der Waals surface area contributed by atoms with E-state index in [0.717, 1.165) is 30.0 Å². The summed E-state index contributed by atoms with van der Waals surface area (Å²) in [5, 5.41) is 7.32. The number of carbonyl (C=O) groups excluding carboxylic acids is 1. The Balaban J connectivity index is 1.80. The van der Waals surface area contributed by atoms with E-state index in [4.69, 9.17) is 4.74 Å². The molecule has 1 aliphatic rings. The first-order valence-corrected chi connectivity index (χ1v) is 7.42. The van der Waals surface area contributed by atoms with E-state index in [1.807, 2.05) is 24.3 Å². The van der Waals surface area contributed by atoms with Crippen molar-refractivity contribution < 1.29 is 9.53 Å². The normalized spacial score (nSPS) is 20.1. The van der Waals surface area contributed by atoms with Gasteiger partial charge < -0.3 is 10.1 Å². The van der Waals surface area contributed by atoms with Crippen molar-refractivity contribution in [2.75, 3.05) is 19.0 Å². The molecular formula is C16H23N3O2. The maximum atomic E-state index is 11.8. The summed E-state index contributed by atoms with van der Waals surface area (Å²) in [6.07, 6.45) is 4.58. The lowest BCUT2D eigenvalue weighted by Gasteiger charge is -2.19. The molecule has 2 rings (SSSR count). The average molecular weight is 289 g/mol. The van der Waals surface area contributed by atoms with Crippen molar-refractivity contribution in [2.24, 2.45) is 11.0 Å². The molecular weight excluding hydrogens is 266 g/mol. The van der Waals surface area contributed by atoms with Crippen molar-refractivity contribution in [3.05, 3.63) is 24.3 Å². The van der Waals surface area contributed by atoms with Crippen LogP contribution in [0.25, 0.3) is 0 Å². The number of ether oxygens (including phenoxy) is 1. The number of nitrogens with zero attached hydrogens (tertiary/aromatic N) is 1. The summed E-state index contributed by atoms with van der Waals surface area (Å²) >= 11 is 0. The van der Waals surface area contributed by atoms with E-state index in [1.165, 1.54) is 12.8 Å². The highest BCUT2D eigenvalue weighted by Gasteiger charge is 2.16. The number of methoxy groups -OCH3 is 1. The van der Waals surface area contributed by atoms with Gasteiger partial charge in [-0.2, -0.15) is 5.10 Å². The quantitative estimate of drug-likeness (QED) is 0.819. The average Bonchev–Trinajstić information content (AvgIpc) is 2.52. The van der Waals surface area contributed by atoms with Crippen LogP contribution in [0.4, 0.5) is 5.69 Å². The second kappa shape index (κ2) is 7.67. The summed E-state index contributed by atoms with van der Waals surface area (Å²) in [5.41, 5.74) is 4.59. The van der Waals surface area contributed by atoms with Gasteiger partial charge in [0.1, 0.15) is 5.75 Å². The Morgan fingerprint density at radius 1 is 1.43 bits per heavy atom. The van der Waals surface area contributed by atoms with Crippen LogP contribution in [0.1, 0.15) is 32.6 Å². The van der Waals surface area contributed by atoms with Crippen molar-refractivity contribution >= 4 is 17.3 Å². The highest BCUT2D eigenvalue weighted by atomic mass is 16.5. The zero-order chi connectivity index (χ0) is 15.1. The third-order valence-electron chi connectivity index (χ3n) is 3.74. The zero-order valence-corrected chi connectivity index (χ0v) is 12.7. The standard InChI is InChI=1S/C16H23N3O2/c1-12-6-3-4-9-15(12)18-19-16(20)11-17-13-7-5-8-14(10-13)21-2/h5,7-8,10,12,17H,3-4,6,9,11H2,1-2H3,(H,19,20)/b18-15-/t12-/m1/s1. The number of hydrogen-bond donors (Lipinski definition) is 2. The van der Waals surface area contributed by atoms with Crippen molar-refractivity contribution in [1.82, 2.24) is 5.43 Å². The highest BCUT2D eigenvalue weighted by molar-refractivity contribution is 5.89. The van der Waals surface area contributed by atoms with Gasteiger partial charge in [-0.05, 0) is 37.3 Å². The molecule has 114 valence electrons.